The number of likely N-dealkylation sites (tertiary alicyclic amines) is 1. The highest BCUT2D eigenvalue weighted by atomic mass is 32.2. The molecule has 1 amide bonds. The molecule has 2 rings (SSSR count). The summed E-state index contributed by atoms with van der Waals surface area (Å²) in [5.41, 5.74) is 0.300. The topological polar surface area (TPSA) is 79.6 Å². The number of amides is 1. The Kier molecular flexibility index (Phi) is 5.86. The first kappa shape index (κ1) is 18.0. The molecule has 0 radical (unpaired) electrons. The van der Waals surface area contributed by atoms with E-state index in [4.69, 9.17) is 4.42 Å². The first-order chi connectivity index (χ1) is 10.8. The minimum atomic E-state index is -3.67. The standard InChI is InChI=1S/C16H26N2O4S/c1-12(2)9-14-7-5-4-6-8-18(14)16(19)13-10-15(22-11-13)23(20,21)17-3/h10-12,14,17H,4-9H2,1-3H3. The number of carbonyl (C=O) groups is 1. The first-order valence-electron chi connectivity index (χ1n) is 8.18. The van der Waals surface area contributed by atoms with Gasteiger partial charge in [-0.2, -0.15) is 0 Å². The lowest BCUT2D eigenvalue weighted by atomic mass is 9.98. The van der Waals surface area contributed by atoms with Crippen molar-refractivity contribution in [3.63, 3.8) is 0 Å². The molecule has 1 aromatic rings. The molecule has 7 heteroatoms. The van der Waals surface area contributed by atoms with Crippen LogP contribution in [0.15, 0.2) is 21.8 Å². The minimum absolute atomic E-state index is 0.140. The molecule has 0 bridgehead atoms. The zero-order valence-corrected chi connectivity index (χ0v) is 14.9. The van der Waals surface area contributed by atoms with E-state index in [1.165, 1.54) is 19.4 Å². The molecule has 1 aromatic heterocycles. The van der Waals surface area contributed by atoms with E-state index in [2.05, 4.69) is 18.6 Å². The molecule has 1 aliphatic heterocycles. The molecule has 0 aromatic carbocycles. The van der Waals surface area contributed by atoms with Crippen LogP contribution in [0.25, 0.3) is 0 Å². The molecule has 23 heavy (non-hydrogen) atoms. The van der Waals surface area contributed by atoms with E-state index >= 15 is 0 Å². The number of hydrogen-bond acceptors (Lipinski definition) is 4. The second kappa shape index (κ2) is 7.49. The molecular weight excluding hydrogens is 316 g/mol. The zero-order chi connectivity index (χ0) is 17.0. The van der Waals surface area contributed by atoms with Gasteiger partial charge in [0.1, 0.15) is 6.26 Å². The lowest BCUT2D eigenvalue weighted by molar-refractivity contribution is 0.0660. The third-order valence-electron chi connectivity index (χ3n) is 4.24. The van der Waals surface area contributed by atoms with Crippen molar-refractivity contribution < 1.29 is 17.6 Å². The lowest BCUT2D eigenvalue weighted by Crippen LogP contribution is -2.40. The van der Waals surface area contributed by atoms with Gasteiger partial charge in [-0.05, 0) is 32.2 Å². The Morgan fingerprint density at radius 1 is 1.39 bits per heavy atom. The van der Waals surface area contributed by atoms with E-state index in [-0.39, 0.29) is 17.0 Å². The molecule has 1 saturated heterocycles. The Hall–Kier alpha value is -1.34. The van der Waals surface area contributed by atoms with Gasteiger partial charge >= 0.3 is 0 Å². The third-order valence-corrected chi connectivity index (χ3v) is 5.52. The number of nitrogens with zero attached hydrogens (tertiary/aromatic N) is 1. The van der Waals surface area contributed by atoms with Gasteiger partial charge in [-0.15, -0.1) is 0 Å². The highest BCUT2D eigenvalue weighted by Gasteiger charge is 2.29. The molecule has 2 heterocycles. The summed E-state index contributed by atoms with van der Waals surface area (Å²) in [7, 11) is -2.36. The monoisotopic (exact) mass is 342 g/mol. The molecule has 1 atom stereocenters. The van der Waals surface area contributed by atoms with Gasteiger partial charge in [0.25, 0.3) is 15.9 Å². The maximum atomic E-state index is 12.8. The number of furan rings is 1. The van der Waals surface area contributed by atoms with E-state index in [0.717, 1.165) is 38.6 Å². The van der Waals surface area contributed by atoms with E-state index in [9.17, 15) is 13.2 Å². The lowest BCUT2D eigenvalue weighted by Gasteiger charge is -2.31. The van der Waals surface area contributed by atoms with Crippen LogP contribution in [0.3, 0.4) is 0 Å². The van der Waals surface area contributed by atoms with Crippen molar-refractivity contribution in [1.29, 1.82) is 0 Å². The van der Waals surface area contributed by atoms with E-state index in [1.807, 2.05) is 4.90 Å². The van der Waals surface area contributed by atoms with Crippen LogP contribution in [0.5, 0.6) is 0 Å². The molecule has 0 saturated carbocycles. The first-order valence-corrected chi connectivity index (χ1v) is 9.66. The smallest absolute Gasteiger partial charge is 0.273 e. The Labute approximate surface area is 138 Å². The van der Waals surface area contributed by atoms with E-state index in [0.29, 0.717) is 11.5 Å². The van der Waals surface area contributed by atoms with Gasteiger partial charge in [-0.3, -0.25) is 4.79 Å². The Bertz CT molecular complexity index is 636. The quantitative estimate of drug-likeness (QED) is 0.892. The molecule has 1 fully saturated rings. The van der Waals surface area contributed by atoms with Gasteiger partial charge < -0.3 is 9.32 Å². The number of carbonyl (C=O) groups excluding carboxylic acids is 1. The van der Waals surface area contributed by atoms with Crippen LogP contribution in [0.4, 0.5) is 0 Å². The second-order valence-corrected chi connectivity index (χ2v) is 8.31. The second-order valence-electron chi connectivity index (χ2n) is 6.49. The zero-order valence-electron chi connectivity index (χ0n) is 14.0. The minimum Gasteiger partial charge on any atom is -0.451 e. The summed E-state index contributed by atoms with van der Waals surface area (Å²) in [6.07, 6.45) is 6.45. The van der Waals surface area contributed by atoms with Gasteiger partial charge in [0.15, 0.2) is 0 Å². The Balaban J connectivity index is 2.22. The van der Waals surface area contributed by atoms with Crippen molar-refractivity contribution in [2.45, 2.75) is 57.1 Å². The van der Waals surface area contributed by atoms with Crippen LogP contribution in [-0.4, -0.2) is 38.9 Å². The fourth-order valence-corrected chi connectivity index (χ4v) is 3.73. The molecule has 0 aliphatic carbocycles. The van der Waals surface area contributed by atoms with Crippen LogP contribution in [-0.2, 0) is 10.0 Å². The summed E-state index contributed by atoms with van der Waals surface area (Å²) in [5, 5.41) is -0.224. The van der Waals surface area contributed by atoms with Crippen molar-refractivity contribution >= 4 is 15.9 Å². The summed E-state index contributed by atoms with van der Waals surface area (Å²) >= 11 is 0. The summed E-state index contributed by atoms with van der Waals surface area (Å²) in [6.45, 7) is 5.03. The van der Waals surface area contributed by atoms with Crippen molar-refractivity contribution in [2.24, 2.45) is 5.92 Å². The van der Waals surface area contributed by atoms with Gasteiger partial charge in [-0.25, -0.2) is 13.1 Å². The van der Waals surface area contributed by atoms with Crippen LogP contribution in [0, 0.1) is 5.92 Å². The largest absolute Gasteiger partial charge is 0.451 e. The SMILES string of the molecule is CNS(=O)(=O)c1cc(C(=O)N2CCCCCC2CC(C)C)co1. The predicted octanol–water partition coefficient (Wildman–Crippen LogP) is 2.62. The van der Waals surface area contributed by atoms with Gasteiger partial charge in [0.05, 0.1) is 5.56 Å². The van der Waals surface area contributed by atoms with Gasteiger partial charge in [-0.1, -0.05) is 26.7 Å². The highest BCUT2D eigenvalue weighted by Crippen LogP contribution is 2.25. The molecule has 6 nitrogen and oxygen atoms in total. The van der Waals surface area contributed by atoms with Crippen molar-refractivity contribution in [2.75, 3.05) is 13.6 Å². The molecule has 1 N–H and O–H groups in total. The predicted molar refractivity (Wildman–Crippen MR) is 87.7 cm³/mol. The van der Waals surface area contributed by atoms with Crippen molar-refractivity contribution in [3.05, 3.63) is 17.9 Å². The summed E-state index contributed by atoms with van der Waals surface area (Å²) in [4.78, 5) is 14.7. The van der Waals surface area contributed by atoms with Crippen molar-refractivity contribution in [3.8, 4) is 0 Å². The van der Waals surface area contributed by atoms with Crippen LogP contribution >= 0.6 is 0 Å². The molecular formula is C16H26N2O4S. The van der Waals surface area contributed by atoms with Crippen molar-refractivity contribution in [1.82, 2.24) is 9.62 Å². The number of sulfonamides is 1. The average Bonchev–Trinajstić information content (AvgIpc) is 2.89. The third kappa shape index (κ3) is 4.35. The Morgan fingerprint density at radius 2 is 2.13 bits per heavy atom. The van der Waals surface area contributed by atoms with Gasteiger partial charge in [0, 0.05) is 18.7 Å². The van der Waals surface area contributed by atoms with Crippen LogP contribution < -0.4 is 4.72 Å². The highest BCUT2D eigenvalue weighted by molar-refractivity contribution is 7.89. The van der Waals surface area contributed by atoms with E-state index in [1.54, 1.807) is 0 Å². The molecule has 1 aliphatic rings. The maximum Gasteiger partial charge on any atom is 0.273 e. The fourth-order valence-electron chi connectivity index (χ4n) is 3.07. The van der Waals surface area contributed by atoms with E-state index < -0.39 is 10.0 Å². The average molecular weight is 342 g/mol. The van der Waals surface area contributed by atoms with Gasteiger partial charge in [0.2, 0.25) is 5.09 Å². The molecule has 130 valence electrons. The summed E-state index contributed by atoms with van der Waals surface area (Å²) in [6, 6.07) is 1.52. The molecule has 0 spiro atoms. The fraction of sp³-hybridized carbons (Fsp3) is 0.688. The number of nitrogens with one attached hydrogen (secondary N) is 1. The van der Waals surface area contributed by atoms with Crippen LogP contribution in [0.1, 0.15) is 56.3 Å². The maximum absolute atomic E-state index is 12.8. The number of rotatable bonds is 5. The normalized spacial score (nSPS) is 19.8. The Morgan fingerprint density at radius 3 is 2.78 bits per heavy atom. The van der Waals surface area contributed by atoms with Crippen LogP contribution in [0.2, 0.25) is 0 Å². The summed E-state index contributed by atoms with van der Waals surface area (Å²) < 4.78 is 30.8. The number of hydrogen-bond donors (Lipinski definition) is 1. The summed E-state index contributed by atoms with van der Waals surface area (Å²) in [5.74, 6) is 0.372. The molecule has 1 unspecified atom stereocenters.